The van der Waals surface area contributed by atoms with Gasteiger partial charge in [0, 0.05) is 18.5 Å². The molecule has 0 aliphatic rings. The van der Waals surface area contributed by atoms with Gasteiger partial charge in [0.15, 0.2) is 0 Å². The molecule has 0 aliphatic heterocycles. The lowest BCUT2D eigenvalue weighted by Crippen LogP contribution is -2.36. The molecule has 1 atom stereocenters. The first-order valence-corrected chi connectivity index (χ1v) is 5.90. The normalized spacial score (nSPS) is 11.1. The second-order valence-electron chi connectivity index (χ2n) is 4.12. The number of urea groups is 1. The minimum atomic E-state index is -1.14. The van der Waals surface area contributed by atoms with E-state index in [4.69, 9.17) is 16.3 Å². The van der Waals surface area contributed by atoms with Crippen molar-refractivity contribution in [3.05, 3.63) is 23.8 Å². The van der Waals surface area contributed by atoms with E-state index in [0.717, 1.165) is 0 Å². The molecule has 1 aromatic carbocycles. The van der Waals surface area contributed by atoms with E-state index in [1.807, 2.05) is 0 Å². The molecule has 0 bridgehead atoms. The average molecular weight is 276 g/mol. The first-order chi connectivity index (χ1) is 9.47. The summed E-state index contributed by atoms with van der Waals surface area (Å²) < 4.78 is 5.00. The van der Waals surface area contributed by atoms with Crippen molar-refractivity contribution in [1.82, 2.24) is 5.32 Å². The number of ether oxygens (including phenoxy) is 1. The second kappa shape index (κ2) is 7.04. The molecule has 6 nitrogen and oxygen atoms in total. The molecule has 1 unspecified atom stereocenters. The van der Waals surface area contributed by atoms with Crippen LogP contribution >= 0.6 is 0 Å². The Kier molecular flexibility index (Phi) is 5.42. The van der Waals surface area contributed by atoms with Crippen molar-refractivity contribution in [2.45, 2.75) is 19.4 Å². The van der Waals surface area contributed by atoms with Gasteiger partial charge in [-0.3, -0.25) is 0 Å². The largest absolute Gasteiger partial charge is 0.497 e. The molecule has 20 heavy (non-hydrogen) atoms. The van der Waals surface area contributed by atoms with Crippen molar-refractivity contribution < 1.29 is 19.4 Å². The number of amides is 2. The molecule has 0 saturated carbocycles. The summed E-state index contributed by atoms with van der Waals surface area (Å²) >= 11 is 0. The summed E-state index contributed by atoms with van der Waals surface area (Å²) in [5.41, 5.74) is 0.132. The predicted octanol–water partition coefficient (Wildman–Crippen LogP) is 1.93. The summed E-state index contributed by atoms with van der Waals surface area (Å²) in [4.78, 5) is 22.8. The van der Waals surface area contributed by atoms with Crippen LogP contribution in [-0.2, 0) is 0 Å². The minimum Gasteiger partial charge on any atom is -0.497 e. The summed E-state index contributed by atoms with van der Waals surface area (Å²) in [5.74, 6) is 1.73. The van der Waals surface area contributed by atoms with Gasteiger partial charge in [0.1, 0.15) is 5.75 Å². The number of benzene rings is 1. The number of terminal acetylenes is 1. The van der Waals surface area contributed by atoms with Gasteiger partial charge in [-0.2, -0.15) is 0 Å². The van der Waals surface area contributed by atoms with E-state index in [1.165, 1.54) is 25.3 Å². The molecule has 1 rings (SSSR count). The van der Waals surface area contributed by atoms with Crippen LogP contribution in [0.25, 0.3) is 0 Å². The number of carboxylic acids is 1. The van der Waals surface area contributed by atoms with E-state index in [9.17, 15) is 9.59 Å². The SMILES string of the molecule is C#CCC(C)NC(=O)Nc1cc(OC)ccc1C(=O)O. The van der Waals surface area contributed by atoms with Crippen LogP contribution in [0.2, 0.25) is 0 Å². The van der Waals surface area contributed by atoms with Crippen LogP contribution in [0.4, 0.5) is 10.5 Å². The number of methoxy groups -OCH3 is 1. The van der Waals surface area contributed by atoms with Gasteiger partial charge in [0.05, 0.1) is 18.4 Å². The van der Waals surface area contributed by atoms with Crippen LogP contribution in [0.5, 0.6) is 5.75 Å². The number of anilines is 1. The lowest BCUT2D eigenvalue weighted by atomic mass is 10.1. The Morgan fingerprint density at radius 3 is 2.75 bits per heavy atom. The zero-order valence-corrected chi connectivity index (χ0v) is 11.3. The maximum absolute atomic E-state index is 11.7. The summed E-state index contributed by atoms with van der Waals surface area (Å²) in [6, 6.07) is 3.58. The highest BCUT2D eigenvalue weighted by Crippen LogP contribution is 2.22. The van der Waals surface area contributed by atoms with Gasteiger partial charge in [0.25, 0.3) is 0 Å². The Labute approximate surface area is 117 Å². The molecule has 0 fully saturated rings. The van der Waals surface area contributed by atoms with E-state index in [-0.39, 0.29) is 17.3 Å². The fourth-order valence-corrected chi connectivity index (χ4v) is 1.55. The lowest BCUT2D eigenvalue weighted by Gasteiger charge is -2.14. The monoisotopic (exact) mass is 276 g/mol. The fourth-order valence-electron chi connectivity index (χ4n) is 1.55. The van der Waals surface area contributed by atoms with E-state index in [0.29, 0.717) is 12.2 Å². The second-order valence-corrected chi connectivity index (χ2v) is 4.12. The van der Waals surface area contributed by atoms with Gasteiger partial charge in [-0.1, -0.05) is 0 Å². The van der Waals surface area contributed by atoms with Gasteiger partial charge in [-0.25, -0.2) is 9.59 Å². The number of hydrogen-bond donors (Lipinski definition) is 3. The molecule has 106 valence electrons. The number of hydrogen-bond acceptors (Lipinski definition) is 3. The Balaban J connectivity index is 2.87. The maximum atomic E-state index is 11.7. The third-order valence-electron chi connectivity index (χ3n) is 2.51. The molecule has 3 N–H and O–H groups in total. The Morgan fingerprint density at radius 1 is 1.50 bits per heavy atom. The van der Waals surface area contributed by atoms with Crippen LogP contribution in [0.1, 0.15) is 23.7 Å². The molecule has 0 heterocycles. The predicted molar refractivity (Wildman–Crippen MR) is 75.0 cm³/mol. The van der Waals surface area contributed by atoms with Crippen LogP contribution < -0.4 is 15.4 Å². The molecule has 0 aromatic heterocycles. The van der Waals surface area contributed by atoms with Gasteiger partial charge in [0.2, 0.25) is 0 Å². The van der Waals surface area contributed by atoms with E-state index >= 15 is 0 Å². The van der Waals surface area contributed by atoms with Crippen LogP contribution in [0.3, 0.4) is 0 Å². The van der Waals surface area contributed by atoms with Crippen LogP contribution in [0.15, 0.2) is 18.2 Å². The number of carboxylic acid groups (broad SMARTS) is 1. The summed E-state index contributed by atoms with van der Waals surface area (Å²) in [7, 11) is 1.45. The Bertz CT molecular complexity index is 549. The highest BCUT2D eigenvalue weighted by atomic mass is 16.5. The van der Waals surface area contributed by atoms with Gasteiger partial charge in [-0.05, 0) is 19.1 Å². The standard InChI is InChI=1S/C14H16N2O4/c1-4-5-9(2)15-14(19)16-12-8-10(20-3)6-7-11(12)13(17)18/h1,6-9H,5H2,2-3H3,(H,17,18)(H2,15,16,19). The maximum Gasteiger partial charge on any atom is 0.337 e. The van der Waals surface area contributed by atoms with Crippen molar-refractivity contribution in [1.29, 1.82) is 0 Å². The zero-order valence-electron chi connectivity index (χ0n) is 11.3. The number of carbonyl (C=O) groups is 2. The fraction of sp³-hybridized carbons (Fsp3) is 0.286. The molecule has 2 amide bonds. The van der Waals surface area contributed by atoms with Gasteiger partial charge < -0.3 is 20.5 Å². The highest BCUT2D eigenvalue weighted by molar-refractivity contribution is 6.00. The third kappa shape index (κ3) is 4.21. The Morgan fingerprint density at radius 2 is 2.20 bits per heavy atom. The number of rotatable bonds is 5. The quantitative estimate of drug-likeness (QED) is 0.717. The average Bonchev–Trinajstić information content (AvgIpc) is 2.38. The molecule has 1 aromatic rings. The zero-order chi connectivity index (χ0) is 15.1. The molecule has 0 saturated heterocycles. The van der Waals surface area contributed by atoms with Crippen molar-refractivity contribution in [2.75, 3.05) is 12.4 Å². The summed E-state index contributed by atoms with van der Waals surface area (Å²) in [6.07, 6.45) is 5.53. The smallest absolute Gasteiger partial charge is 0.337 e. The third-order valence-corrected chi connectivity index (χ3v) is 2.51. The van der Waals surface area contributed by atoms with Crippen molar-refractivity contribution in [3.8, 4) is 18.1 Å². The van der Waals surface area contributed by atoms with Crippen molar-refractivity contribution >= 4 is 17.7 Å². The minimum absolute atomic E-state index is 0.0226. The first-order valence-electron chi connectivity index (χ1n) is 5.90. The Hall–Kier alpha value is -2.68. The molecule has 6 heteroatoms. The molecular formula is C14H16N2O4. The lowest BCUT2D eigenvalue weighted by molar-refractivity contribution is 0.0698. The van der Waals surface area contributed by atoms with Gasteiger partial charge in [-0.15, -0.1) is 12.3 Å². The topological polar surface area (TPSA) is 87.7 Å². The summed E-state index contributed by atoms with van der Waals surface area (Å²) in [6.45, 7) is 1.75. The summed E-state index contributed by atoms with van der Waals surface area (Å²) in [5, 5.41) is 14.2. The molecule has 0 aliphatic carbocycles. The van der Waals surface area contributed by atoms with Crippen LogP contribution in [0, 0.1) is 12.3 Å². The number of nitrogens with one attached hydrogen (secondary N) is 2. The van der Waals surface area contributed by atoms with Crippen molar-refractivity contribution in [3.63, 3.8) is 0 Å². The first kappa shape index (κ1) is 15.4. The van der Waals surface area contributed by atoms with E-state index < -0.39 is 12.0 Å². The van der Waals surface area contributed by atoms with Crippen molar-refractivity contribution in [2.24, 2.45) is 0 Å². The van der Waals surface area contributed by atoms with E-state index in [1.54, 1.807) is 6.92 Å². The van der Waals surface area contributed by atoms with Crippen LogP contribution in [-0.4, -0.2) is 30.3 Å². The number of carbonyl (C=O) groups excluding carboxylic acids is 1. The highest BCUT2D eigenvalue weighted by Gasteiger charge is 2.14. The molecule has 0 radical (unpaired) electrons. The number of aromatic carboxylic acids is 1. The molecule has 0 spiro atoms. The van der Waals surface area contributed by atoms with Gasteiger partial charge >= 0.3 is 12.0 Å². The molecular weight excluding hydrogens is 260 g/mol. The van der Waals surface area contributed by atoms with E-state index in [2.05, 4.69) is 16.6 Å².